The second kappa shape index (κ2) is 4.58. The lowest BCUT2D eigenvalue weighted by Crippen LogP contribution is -2.00. The van der Waals surface area contributed by atoms with E-state index < -0.39 is 0 Å². The molecule has 0 saturated heterocycles. The molecule has 0 aliphatic rings. The van der Waals surface area contributed by atoms with E-state index in [1.807, 2.05) is 42.6 Å². The van der Waals surface area contributed by atoms with E-state index in [0.717, 1.165) is 15.4 Å². The van der Waals surface area contributed by atoms with E-state index >= 15 is 0 Å². The molecule has 1 heterocycles. The fraction of sp³-hybridized carbons (Fsp3) is 0.0667. The van der Waals surface area contributed by atoms with Crippen molar-refractivity contribution in [3.8, 4) is 0 Å². The average molecular weight is 304 g/mol. The number of hydrogen-bond acceptors (Lipinski definition) is 0. The molecule has 0 atom stereocenters. The lowest BCUT2D eigenvalue weighted by molar-refractivity contribution is 0.602. The third kappa shape index (κ3) is 1.95. The van der Waals surface area contributed by atoms with Crippen molar-refractivity contribution in [1.29, 1.82) is 0 Å². The number of benzene rings is 2. The van der Waals surface area contributed by atoms with Gasteiger partial charge in [0.1, 0.15) is 5.82 Å². The summed E-state index contributed by atoms with van der Waals surface area (Å²) in [5.74, 6) is -0.158. The van der Waals surface area contributed by atoms with Gasteiger partial charge in [-0.05, 0) is 24.3 Å². The van der Waals surface area contributed by atoms with E-state index in [1.165, 1.54) is 6.07 Å². The van der Waals surface area contributed by atoms with Gasteiger partial charge in [-0.25, -0.2) is 4.39 Å². The Morgan fingerprint density at radius 3 is 2.67 bits per heavy atom. The zero-order valence-electron chi connectivity index (χ0n) is 9.61. The monoisotopic (exact) mass is 303 g/mol. The largest absolute Gasteiger partial charge is 0.343 e. The van der Waals surface area contributed by atoms with E-state index in [2.05, 4.69) is 20.5 Å². The Bertz CT molecular complexity index is 703. The molecule has 0 N–H and O–H groups in total. The van der Waals surface area contributed by atoms with Gasteiger partial charge < -0.3 is 4.57 Å². The summed E-state index contributed by atoms with van der Waals surface area (Å²) in [6.07, 6.45) is 1.99. The van der Waals surface area contributed by atoms with E-state index in [-0.39, 0.29) is 5.82 Å². The van der Waals surface area contributed by atoms with Gasteiger partial charge in [0.25, 0.3) is 0 Å². The fourth-order valence-electron chi connectivity index (χ4n) is 2.13. The van der Waals surface area contributed by atoms with Crippen molar-refractivity contribution >= 4 is 26.8 Å². The molecule has 0 aliphatic heterocycles. The Kier molecular flexibility index (Phi) is 2.92. The topological polar surface area (TPSA) is 4.93 Å². The number of rotatable bonds is 2. The van der Waals surface area contributed by atoms with Crippen LogP contribution in [-0.4, -0.2) is 4.57 Å². The standard InChI is InChI=1S/C15H11BrFN/c16-13-5-3-7-15-12(13)8-9-18(15)10-11-4-1-2-6-14(11)17/h1-9H,10H2. The van der Waals surface area contributed by atoms with Crippen LogP contribution in [-0.2, 0) is 6.54 Å². The molecule has 0 amide bonds. The number of hydrogen-bond donors (Lipinski definition) is 0. The lowest BCUT2D eigenvalue weighted by Gasteiger charge is -2.07. The highest BCUT2D eigenvalue weighted by atomic mass is 79.9. The van der Waals surface area contributed by atoms with E-state index in [4.69, 9.17) is 0 Å². The first-order valence-electron chi connectivity index (χ1n) is 5.72. The summed E-state index contributed by atoms with van der Waals surface area (Å²) in [7, 11) is 0. The van der Waals surface area contributed by atoms with Gasteiger partial charge in [0.2, 0.25) is 0 Å². The quantitative estimate of drug-likeness (QED) is 0.652. The molecule has 18 heavy (non-hydrogen) atoms. The first-order chi connectivity index (χ1) is 8.75. The second-order valence-corrected chi connectivity index (χ2v) is 5.06. The zero-order chi connectivity index (χ0) is 12.5. The van der Waals surface area contributed by atoms with Crippen molar-refractivity contribution in [3.63, 3.8) is 0 Å². The van der Waals surface area contributed by atoms with Crippen LogP contribution < -0.4 is 0 Å². The molecule has 0 aliphatic carbocycles. The summed E-state index contributed by atoms with van der Waals surface area (Å²) in [5.41, 5.74) is 1.81. The highest BCUT2D eigenvalue weighted by Gasteiger charge is 2.06. The SMILES string of the molecule is Fc1ccccc1Cn1ccc2c(Br)cccc21. The molecule has 90 valence electrons. The van der Waals surface area contributed by atoms with Gasteiger partial charge in [0.15, 0.2) is 0 Å². The maximum absolute atomic E-state index is 13.6. The molecule has 1 nitrogen and oxygen atoms in total. The highest BCUT2D eigenvalue weighted by molar-refractivity contribution is 9.10. The first-order valence-corrected chi connectivity index (χ1v) is 6.52. The molecule has 3 heteroatoms. The van der Waals surface area contributed by atoms with Crippen LogP contribution >= 0.6 is 15.9 Å². The Labute approximate surface area is 113 Å². The Hall–Kier alpha value is -1.61. The highest BCUT2D eigenvalue weighted by Crippen LogP contribution is 2.25. The summed E-state index contributed by atoms with van der Waals surface area (Å²) in [5, 5.41) is 1.15. The number of halogens is 2. The Balaban J connectivity index is 2.06. The normalized spacial score (nSPS) is 11.0. The Morgan fingerprint density at radius 2 is 1.83 bits per heavy atom. The van der Waals surface area contributed by atoms with Crippen molar-refractivity contribution in [2.75, 3.05) is 0 Å². The average Bonchev–Trinajstić information content (AvgIpc) is 2.77. The van der Waals surface area contributed by atoms with Gasteiger partial charge in [-0.3, -0.25) is 0 Å². The van der Waals surface area contributed by atoms with Crippen molar-refractivity contribution in [3.05, 3.63) is 70.6 Å². The molecular formula is C15H11BrFN. The molecule has 0 spiro atoms. The van der Waals surface area contributed by atoms with Crippen LogP contribution in [0, 0.1) is 5.82 Å². The second-order valence-electron chi connectivity index (χ2n) is 4.21. The van der Waals surface area contributed by atoms with Crippen LogP contribution in [0.3, 0.4) is 0 Å². The summed E-state index contributed by atoms with van der Waals surface area (Å²) >= 11 is 3.52. The molecule has 0 fully saturated rings. The smallest absolute Gasteiger partial charge is 0.128 e. The van der Waals surface area contributed by atoms with Crippen LogP contribution in [0.25, 0.3) is 10.9 Å². The molecule has 0 bridgehead atoms. The third-order valence-electron chi connectivity index (χ3n) is 3.06. The van der Waals surface area contributed by atoms with E-state index in [0.29, 0.717) is 12.1 Å². The third-order valence-corrected chi connectivity index (χ3v) is 3.75. The summed E-state index contributed by atoms with van der Waals surface area (Å²) in [6, 6.07) is 15.0. The van der Waals surface area contributed by atoms with Gasteiger partial charge in [0, 0.05) is 27.1 Å². The van der Waals surface area contributed by atoms with E-state index in [1.54, 1.807) is 6.07 Å². The summed E-state index contributed by atoms with van der Waals surface area (Å²) in [6.45, 7) is 0.548. The number of fused-ring (bicyclic) bond motifs is 1. The molecular weight excluding hydrogens is 293 g/mol. The Morgan fingerprint density at radius 1 is 1.00 bits per heavy atom. The number of nitrogens with zero attached hydrogens (tertiary/aromatic N) is 1. The van der Waals surface area contributed by atoms with Gasteiger partial charge >= 0.3 is 0 Å². The minimum atomic E-state index is -0.158. The predicted octanol–water partition coefficient (Wildman–Crippen LogP) is 4.59. The van der Waals surface area contributed by atoms with Crippen LogP contribution in [0.4, 0.5) is 4.39 Å². The maximum Gasteiger partial charge on any atom is 0.128 e. The molecule has 3 rings (SSSR count). The molecule has 3 aromatic rings. The van der Waals surface area contributed by atoms with Gasteiger partial charge in [-0.15, -0.1) is 0 Å². The van der Waals surface area contributed by atoms with Crippen LogP contribution in [0.15, 0.2) is 59.2 Å². The summed E-state index contributed by atoms with van der Waals surface area (Å²) < 4.78 is 16.8. The molecule has 2 aromatic carbocycles. The van der Waals surface area contributed by atoms with Crippen LogP contribution in [0.1, 0.15) is 5.56 Å². The van der Waals surface area contributed by atoms with Crippen molar-refractivity contribution < 1.29 is 4.39 Å². The van der Waals surface area contributed by atoms with Gasteiger partial charge in [-0.1, -0.05) is 40.2 Å². The number of aromatic nitrogens is 1. The molecule has 0 radical (unpaired) electrons. The van der Waals surface area contributed by atoms with Crippen molar-refractivity contribution in [1.82, 2.24) is 4.57 Å². The predicted molar refractivity (Wildman–Crippen MR) is 75.1 cm³/mol. The van der Waals surface area contributed by atoms with Crippen molar-refractivity contribution in [2.45, 2.75) is 6.54 Å². The molecule has 0 unspecified atom stereocenters. The van der Waals surface area contributed by atoms with Gasteiger partial charge in [0.05, 0.1) is 6.54 Å². The fourth-order valence-corrected chi connectivity index (χ4v) is 2.62. The van der Waals surface area contributed by atoms with Gasteiger partial charge in [-0.2, -0.15) is 0 Å². The van der Waals surface area contributed by atoms with Crippen LogP contribution in [0.2, 0.25) is 0 Å². The minimum absolute atomic E-state index is 0.158. The lowest BCUT2D eigenvalue weighted by atomic mass is 10.2. The molecule has 1 aromatic heterocycles. The van der Waals surface area contributed by atoms with E-state index in [9.17, 15) is 4.39 Å². The maximum atomic E-state index is 13.6. The molecule has 0 saturated carbocycles. The zero-order valence-corrected chi connectivity index (χ0v) is 11.2. The minimum Gasteiger partial charge on any atom is -0.343 e. The first kappa shape index (κ1) is 11.5. The summed E-state index contributed by atoms with van der Waals surface area (Å²) in [4.78, 5) is 0. The van der Waals surface area contributed by atoms with Crippen molar-refractivity contribution in [2.24, 2.45) is 0 Å². The van der Waals surface area contributed by atoms with Crippen LogP contribution in [0.5, 0.6) is 0 Å².